The van der Waals surface area contributed by atoms with E-state index in [0.29, 0.717) is 42.8 Å². The van der Waals surface area contributed by atoms with Gasteiger partial charge in [0, 0.05) is 29.6 Å². The quantitative estimate of drug-likeness (QED) is 0.527. The fraction of sp³-hybridized carbons (Fsp3) is 0.391. The largest absolute Gasteiger partial charge is 0.378 e. The number of nitrogens with zero attached hydrogens (tertiary/aromatic N) is 3. The van der Waals surface area contributed by atoms with E-state index in [9.17, 15) is 4.79 Å². The van der Waals surface area contributed by atoms with E-state index in [1.165, 1.54) is 0 Å². The first-order valence-electron chi connectivity index (χ1n) is 10.3. The van der Waals surface area contributed by atoms with Gasteiger partial charge >= 0.3 is 0 Å². The van der Waals surface area contributed by atoms with Crippen LogP contribution >= 0.6 is 23.2 Å². The second kappa shape index (κ2) is 9.38. The average molecular weight is 446 g/mol. The molecule has 1 fully saturated rings. The van der Waals surface area contributed by atoms with Gasteiger partial charge in [-0.15, -0.1) is 0 Å². The topological polar surface area (TPSA) is 47.4 Å². The number of ether oxygens (including phenoxy) is 1. The van der Waals surface area contributed by atoms with Crippen molar-refractivity contribution in [2.24, 2.45) is 0 Å². The molecule has 0 aliphatic carbocycles. The Balaban J connectivity index is 1.78. The lowest BCUT2D eigenvalue weighted by Gasteiger charge is -2.31. The smallest absolute Gasteiger partial charge is 0.245 e. The monoisotopic (exact) mass is 445 g/mol. The maximum Gasteiger partial charge on any atom is 0.245 e. The van der Waals surface area contributed by atoms with Crippen LogP contribution in [0.5, 0.6) is 0 Å². The summed E-state index contributed by atoms with van der Waals surface area (Å²) in [6.45, 7) is 4.54. The third-order valence-electron chi connectivity index (χ3n) is 5.51. The maximum absolute atomic E-state index is 13.5. The molecule has 0 radical (unpaired) electrons. The Hall–Kier alpha value is -2.08. The number of hydrogen-bond acceptors (Lipinski definition) is 3. The Morgan fingerprint density at radius 2 is 1.93 bits per heavy atom. The number of fused-ring (bicyclic) bond motifs is 1. The molecular weight excluding hydrogens is 421 g/mol. The summed E-state index contributed by atoms with van der Waals surface area (Å²) in [4.78, 5) is 20.3. The normalized spacial score (nSPS) is 15.5. The summed E-state index contributed by atoms with van der Waals surface area (Å²) < 4.78 is 7.55. The van der Waals surface area contributed by atoms with Gasteiger partial charge in [0.1, 0.15) is 11.9 Å². The van der Waals surface area contributed by atoms with Gasteiger partial charge < -0.3 is 14.2 Å². The Morgan fingerprint density at radius 1 is 1.17 bits per heavy atom. The number of carbonyl (C=O) groups excluding carboxylic acids is 1. The molecule has 1 atom stereocenters. The van der Waals surface area contributed by atoms with Crippen LogP contribution in [0.25, 0.3) is 11.0 Å². The van der Waals surface area contributed by atoms with Crippen LogP contribution in [0.15, 0.2) is 42.5 Å². The number of rotatable bonds is 6. The molecule has 158 valence electrons. The molecule has 0 unspecified atom stereocenters. The molecule has 1 saturated heterocycles. The van der Waals surface area contributed by atoms with E-state index in [2.05, 4.69) is 11.5 Å². The molecule has 3 aromatic rings. The first-order valence-corrected chi connectivity index (χ1v) is 11.1. The summed E-state index contributed by atoms with van der Waals surface area (Å²) in [5.74, 6) is 0.965. The van der Waals surface area contributed by atoms with Crippen molar-refractivity contribution >= 4 is 40.1 Å². The molecule has 1 aliphatic rings. The minimum Gasteiger partial charge on any atom is -0.378 e. The predicted molar refractivity (Wildman–Crippen MR) is 120 cm³/mol. The minimum absolute atomic E-state index is 0.131. The van der Waals surface area contributed by atoms with E-state index < -0.39 is 0 Å². The number of carbonyl (C=O) groups is 1. The van der Waals surface area contributed by atoms with Gasteiger partial charge in [-0.05, 0) is 36.2 Å². The number of amides is 1. The lowest BCUT2D eigenvalue weighted by molar-refractivity contribution is -0.139. The molecule has 2 heterocycles. The van der Waals surface area contributed by atoms with Gasteiger partial charge in [-0.25, -0.2) is 4.98 Å². The highest BCUT2D eigenvalue weighted by Gasteiger charge is 2.30. The van der Waals surface area contributed by atoms with E-state index in [1.807, 2.05) is 41.3 Å². The van der Waals surface area contributed by atoms with Crippen molar-refractivity contribution in [3.63, 3.8) is 0 Å². The van der Waals surface area contributed by atoms with Gasteiger partial charge in [0.05, 0.1) is 24.2 Å². The molecule has 1 aliphatic heterocycles. The number of aromatic nitrogens is 2. The van der Waals surface area contributed by atoms with Crippen LogP contribution in [0.3, 0.4) is 0 Å². The third-order valence-corrected chi connectivity index (χ3v) is 6.10. The Morgan fingerprint density at radius 3 is 2.67 bits per heavy atom. The van der Waals surface area contributed by atoms with Crippen LogP contribution < -0.4 is 0 Å². The molecule has 30 heavy (non-hydrogen) atoms. The van der Waals surface area contributed by atoms with Crippen molar-refractivity contribution in [2.75, 3.05) is 26.3 Å². The number of halogens is 2. The Kier molecular flexibility index (Phi) is 6.61. The number of morpholine rings is 1. The van der Waals surface area contributed by atoms with E-state index in [4.69, 9.17) is 32.9 Å². The summed E-state index contributed by atoms with van der Waals surface area (Å²) in [5, 5.41) is 1.20. The first-order chi connectivity index (χ1) is 14.6. The standard InChI is InChI=1S/C23H25Cl2N3O2/c1-2-5-21(23(29)27-10-12-30-13-11-27)28-20-7-4-3-6-19(20)26-22(28)14-16-8-9-17(24)15-18(16)25/h3-4,6-9,15,21H,2,5,10-14H2,1H3/t21-/m1/s1. The van der Waals surface area contributed by atoms with Gasteiger partial charge in [-0.1, -0.05) is 54.7 Å². The van der Waals surface area contributed by atoms with Crippen LogP contribution in [0.2, 0.25) is 10.0 Å². The van der Waals surface area contributed by atoms with Gasteiger partial charge in [0.15, 0.2) is 0 Å². The summed E-state index contributed by atoms with van der Waals surface area (Å²) >= 11 is 12.5. The molecule has 7 heteroatoms. The zero-order valence-electron chi connectivity index (χ0n) is 17.0. The van der Waals surface area contributed by atoms with Crippen LogP contribution in [-0.2, 0) is 16.0 Å². The maximum atomic E-state index is 13.5. The Labute approximate surface area is 186 Å². The van der Waals surface area contributed by atoms with Gasteiger partial charge in [0.2, 0.25) is 5.91 Å². The highest BCUT2D eigenvalue weighted by molar-refractivity contribution is 6.35. The SMILES string of the molecule is CCC[C@H](C(=O)N1CCOCC1)n1c(Cc2ccc(Cl)cc2Cl)nc2ccccc21. The molecule has 0 bridgehead atoms. The van der Waals surface area contributed by atoms with Crippen molar-refractivity contribution in [1.29, 1.82) is 0 Å². The molecule has 5 nitrogen and oxygen atoms in total. The van der Waals surface area contributed by atoms with Gasteiger partial charge in [-0.2, -0.15) is 0 Å². The van der Waals surface area contributed by atoms with Gasteiger partial charge in [-0.3, -0.25) is 4.79 Å². The zero-order chi connectivity index (χ0) is 21.1. The molecule has 0 saturated carbocycles. The van der Waals surface area contributed by atoms with Crippen molar-refractivity contribution in [3.8, 4) is 0 Å². The zero-order valence-corrected chi connectivity index (χ0v) is 18.5. The van der Waals surface area contributed by atoms with Crippen molar-refractivity contribution in [2.45, 2.75) is 32.2 Å². The van der Waals surface area contributed by atoms with Crippen molar-refractivity contribution in [3.05, 3.63) is 63.9 Å². The first kappa shape index (κ1) is 21.2. The highest BCUT2D eigenvalue weighted by Crippen LogP contribution is 2.30. The van der Waals surface area contributed by atoms with E-state index in [1.54, 1.807) is 6.07 Å². The lowest BCUT2D eigenvalue weighted by Crippen LogP contribution is -2.44. The molecule has 1 aromatic heterocycles. The minimum atomic E-state index is -0.304. The number of para-hydroxylation sites is 2. The van der Waals surface area contributed by atoms with Crippen molar-refractivity contribution < 1.29 is 9.53 Å². The summed E-state index contributed by atoms with van der Waals surface area (Å²) in [6.07, 6.45) is 2.17. The van der Waals surface area contributed by atoms with E-state index in [0.717, 1.165) is 35.3 Å². The number of benzene rings is 2. The number of imidazole rings is 1. The van der Waals surface area contributed by atoms with Crippen LogP contribution in [0.4, 0.5) is 0 Å². The summed E-state index contributed by atoms with van der Waals surface area (Å²) in [7, 11) is 0. The fourth-order valence-corrected chi connectivity index (χ4v) is 4.51. The molecule has 0 N–H and O–H groups in total. The summed E-state index contributed by atoms with van der Waals surface area (Å²) in [5.41, 5.74) is 2.79. The second-order valence-electron chi connectivity index (χ2n) is 7.54. The second-order valence-corrected chi connectivity index (χ2v) is 8.39. The molecule has 1 amide bonds. The summed E-state index contributed by atoms with van der Waals surface area (Å²) in [6, 6.07) is 13.2. The van der Waals surface area contributed by atoms with E-state index >= 15 is 0 Å². The van der Waals surface area contributed by atoms with Crippen LogP contribution in [-0.4, -0.2) is 46.7 Å². The average Bonchev–Trinajstić information content (AvgIpc) is 3.12. The van der Waals surface area contributed by atoms with Crippen LogP contribution in [0, 0.1) is 0 Å². The van der Waals surface area contributed by atoms with E-state index in [-0.39, 0.29) is 11.9 Å². The Bertz CT molecular complexity index is 1040. The molecule has 2 aromatic carbocycles. The lowest BCUT2D eigenvalue weighted by atomic mass is 10.1. The van der Waals surface area contributed by atoms with Crippen LogP contribution in [0.1, 0.15) is 37.2 Å². The fourth-order valence-electron chi connectivity index (χ4n) is 4.03. The molecule has 0 spiro atoms. The number of hydrogen-bond donors (Lipinski definition) is 0. The van der Waals surface area contributed by atoms with Crippen molar-refractivity contribution in [1.82, 2.24) is 14.5 Å². The molecule has 4 rings (SSSR count). The van der Waals surface area contributed by atoms with Gasteiger partial charge in [0.25, 0.3) is 0 Å². The highest BCUT2D eigenvalue weighted by atomic mass is 35.5. The third kappa shape index (κ3) is 4.34. The molecular formula is C23H25Cl2N3O2. The predicted octanol–water partition coefficient (Wildman–Crippen LogP) is 5.13.